The number of carbonyl (C=O) groups excluding carboxylic acids is 1. The summed E-state index contributed by atoms with van der Waals surface area (Å²) in [5.41, 5.74) is 1.87. The van der Waals surface area contributed by atoms with Crippen molar-refractivity contribution in [1.82, 2.24) is 14.8 Å². The molecule has 0 saturated carbocycles. The van der Waals surface area contributed by atoms with E-state index in [-0.39, 0.29) is 6.61 Å². The fourth-order valence-electron chi connectivity index (χ4n) is 1.50. The molecule has 0 radical (unpaired) electrons. The van der Waals surface area contributed by atoms with Gasteiger partial charge in [-0.1, -0.05) is 0 Å². The zero-order valence-corrected chi connectivity index (χ0v) is 10.2. The predicted octanol–water partition coefficient (Wildman–Crippen LogP) is 1.03. The molecule has 2 heterocycles. The monoisotopic (exact) mass is 247 g/mol. The highest BCUT2D eigenvalue weighted by Gasteiger charge is 2.09. The van der Waals surface area contributed by atoms with Crippen LogP contribution in [0.3, 0.4) is 0 Å². The number of ether oxygens (including phenoxy) is 2. The molecule has 0 unspecified atom stereocenters. The third-order valence-corrected chi connectivity index (χ3v) is 2.40. The second kappa shape index (κ2) is 5.31. The molecule has 0 atom stereocenters. The lowest BCUT2D eigenvalue weighted by Gasteiger charge is -1.99. The van der Waals surface area contributed by atoms with E-state index in [1.165, 1.54) is 7.11 Å². The fourth-order valence-corrected chi connectivity index (χ4v) is 1.50. The number of nitrogens with zero attached hydrogens (tertiary/aromatic N) is 3. The van der Waals surface area contributed by atoms with Crippen LogP contribution in [0.5, 0.6) is 5.88 Å². The molecule has 94 valence electrons. The van der Waals surface area contributed by atoms with E-state index >= 15 is 0 Å². The number of methoxy groups -OCH3 is 1. The van der Waals surface area contributed by atoms with E-state index in [2.05, 4.69) is 14.8 Å². The molecule has 0 aliphatic carbocycles. The van der Waals surface area contributed by atoms with Crippen molar-refractivity contribution in [1.29, 1.82) is 0 Å². The molecule has 6 heteroatoms. The van der Waals surface area contributed by atoms with Crippen LogP contribution in [0, 0.1) is 0 Å². The summed E-state index contributed by atoms with van der Waals surface area (Å²) in [6, 6.07) is 5.51. The third kappa shape index (κ3) is 2.65. The first-order chi connectivity index (χ1) is 8.70. The number of aromatic nitrogens is 3. The molecule has 6 nitrogen and oxygen atoms in total. The zero-order valence-electron chi connectivity index (χ0n) is 10.2. The molecule has 0 aliphatic rings. The first kappa shape index (κ1) is 12.1. The van der Waals surface area contributed by atoms with Gasteiger partial charge in [0.2, 0.25) is 5.88 Å². The number of hydrogen-bond acceptors (Lipinski definition) is 5. The minimum atomic E-state index is -0.439. The van der Waals surface area contributed by atoms with Crippen LogP contribution in [0.15, 0.2) is 30.6 Å². The number of hydrogen-bond donors (Lipinski definition) is 0. The quantitative estimate of drug-likeness (QED) is 0.755. The Hall–Kier alpha value is -2.37. The standard InChI is InChI=1S/C12H13N3O3/c1-15-10(9-3-5-13-6-4-9)7-11(14-15)18-8-12(16)17-2/h3-7H,8H2,1-2H3. The highest BCUT2D eigenvalue weighted by Crippen LogP contribution is 2.22. The van der Waals surface area contributed by atoms with Gasteiger partial charge in [0.25, 0.3) is 0 Å². The summed E-state index contributed by atoms with van der Waals surface area (Å²) in [5.74, 6) is -0.0548. The first-order valence-corrected chi connectivity index (χ1v) is 5.35. The van der Waals surface area contributed by atoms with Crippen molar-refractivity contribution in [3.8, 4) is 17.1 Å². The van der Waals surface area contributed by atoms with Crippen molar-refractivity contribution in [2.45, 2.75) is 0 Å². The summed E-state index contributed by atoms with van der Waals surface area (Å²) >= 11 is 0. The Labute approximate surface area is 104 Å². The summed E-state index contributed by atoms with van der Waals surface area (Å²) in [4.78, 5) is 14.9. The highest BCUT2D eigenvalue weighted by molar-refractivity contribution is 5.71. The van der Waals surface area contributed by atoms with Crippen LogP contribution in [-0.4, -0.2) is 34.5 Å². The van der Waals surface area contributed by atoms with Gasteiger partial charge >= 0.3 is 5.97 Å². The summed E-state index contributed by atoms with van der Waals surface area (Å²) in [7, 11) is 3.12. The molecular weight excluding hydrogens is 234 g/mol. The van der Waals surface area contributed by atoms with Crippen LogP contribution < -0.4 is 4.74 Å². The lowest BCUT2D eigenvalue weighted by Crippen LogP contribution is -2.12. The largest absolute Gasteiger partial charge is 0.466 e. The highest BCUT2D eigenvalue weighted by atomic mass is 16.6. The molecule has 2 aromatic heterocycles. The maximum Gasteiger partial charge on any atom is 0.343 e. The number of rotatable bonds is 4. The maximum atomic E-state index is 11.0. The third-order valence-electron chi connectivity index (χ3n) is 2.40. The van der Waals surface area contributed by atoms with Gasteiger partial charge in [-0.05, 0) is 12.1 Å². The topological polar surface area (TPSA) is 66.2 Å². The molecule has 2 aromatic rings. The van der Waals surface area contributed by atoms with E-state index < -0.39 is 5.97 Å². The van der Waals surface area contributed by atoms with E-state index in [1.807, 2.05) is 12.1 Å². The van der Waals surface area contributed by atoms with Gasteiger partial charge in [-0.2, -0.15) is 0 Å². The van der Waals surface area contributed by atoms with Crippen molar-refractivity contribution < 1.29 is 14.3 Å². The van der Waals surface area contributed by atoms with Crippen molar-refractivity contribution in [3.63, 3.8) is 0 Å². The van der Waals surface area contributed by atoms with Crippen LogP contribution in [-0.2, 0) is 16.6 Å². The number of esters is 1. The normalized spacial score (nSPS) is 10.1. The molecule has 0 amide bonds. The van der Waals surface area contributed by atoms with Crippen molar-refractivity contribution >= 4 is 5.97 Å². The van der Waals surface area contributed by atoms with Crippen molar-refractivity contribution in [3.05, 3.63) is 30.6 Å². The van der Waals surface area contributed by atoms with Gasteiger partial charge in [-0.3, -0.25) is 9.67 Å². The Balaban J connectivity index is 2.15. The molecule has 0 fully saturated rings. The Morgan fingerprint density at radius 3 is 2.78 bits per heavy atom. The molecule has 18 heavy (non-hydrogen) atoms. The summed E-state index contributed by atoms with van der Waals surface area (Å²) in [6.45, 7) is -0.150. The molecule has 2 rings (SSSR count). The molecule has 0 N–H and O–H groups in total. The minimum absolute atomic E-state index is 0.150. The van der Waals surface area contributed by atoms with Gasteiger partial charge in [-0.15, -0.1) is 5.10 Å². The fraction of sp³-hybridized carbons (Fsp3) is 0.250. The van der Waals surface area contributed by atoms with Crippen molar-refractivity contribution in [2.75, 3.05) is 13.7 Å². The average Bonchev–Trinajstić information content (AvgIpc) is 2.78. The second-order valence-electron chi connectivity index (χ2n) is 3.59. The summed E-state index contributed by atoms with van der Waals surface area (Å²) < 4.78 is 11.4. The van der Waals surface area contributed by atoms with Gasteiger partial charge in [0.15, 0.2) is 6.61 Å². The number of aryl methyl sites for hydroxylation is 1. The lowest BCUT2D eigenvalue weighted by molar-refractivity contribution is -0.143. The second-order valence-corrected chi connectivity index (χ2v) is 3.59. The molecule has 0 aliphatic heterocycles. The molecule has 0 spiro atoms. The van der Waals surface area contributed by atoms with E-state index in [4.69, 9.17) is 4.74 Å². The van der Waals surface area contributed by atoms with Crippen LogP contribution in [0.4, 0.5) is 0 Å². The van der Waals surface area contributed by atoms with E-state index in [9.17, 15) is 4.79 Å². The molecular formula is C12H13N3O3. The average molecular weight is 247 g/mol. The molecule has 0 aromatic carbocycles. The number of carbonyl (C=O) groups is 1. The zero-order chi connectivity index (χ0) is 13.0. The maximum absolute atomic E-state index is 11.0. The van der Waals surface area contributed by atoms with E-state index in [0.717, 1.165) is 11.3 Å². The van der Waals surface area contributed by atoms with Gasteiger partial charge < -0.3 is 9.47 Å². The Bertz CT molecular complexity index is 537. The lowest BCUT2D eigenvalue weighted by atomic mass is 10.2. The van der Waals surface area contributed by atoms with Gasteiger partial charge in [0.05, 0.1) is 12.8 Å². The van der Waals surface area contributed by atoms with Crippen molar-refractivity contribution in [2.24, 2.45) is 7.05 Å². The summed E-state index contributed by atoms with van der Waals surface area (Å²) in [6.07, 6.45) is 3.41. The number of pyridine rings is 1. The van der Waals surface area contributed by atoms with Crippen LogP contribution in [0.25, 0.3) is 11.3 Å². The van der Waals surface area contributed by atoms with Gasteiger partial charge in [0, 0.05) is 31.1 Å². The van der Waals surface area contributed by atoms with Crippen LogP contribution in [0.1, 0.15) is 0 Å². The van der Waals surface area contributed by atoms with Crippen LogP contribution >= 0.6 is 0 Å². The minimum Gasteiger partial charge on any atom is -0.466 e. The Morgan fingerprint density at radius 1 is 1.39 bits per heavy atom. The van der Waals surface area contributed by atoms with E-state index in [1.54, 1.807) is 30.2 Å². The molecule has 0 bridgehead atoms. The SMILES string of the molecule is COC(=O)COc1cc(-c2ccncc2)n(C)n1. The van der Waals surface area contributed by atoms with Gasteiger partial charge in [-0.25, -0.2) is 4.79 Å². The Morgan fingerprint density at radius 2 is 2.11 bits per heavy atom. The molecule has 0 saturated heterocycles. The van der Waals surface area contributed by atoms with E-state index in [0.29, 0.717) is 5.88 Å². The summed E-state index contributed by atoms with van der Waals surface area (Å²) in [5, 5.41) is 4.16. The van der Waals surface area contributed by atoms with Gasteiger partial charge in [0.1, 0.15) is 0 Å². The Kier molecular flexibility index (Phi) is 3.57. The smallest absolute Gasteiger partial charge is 0.343 e. The van der Waals surface area contributed by atoms with Crippen LogP contribution in [0.2, 0.25) is 0 Å². The predicted molar refractivity (Wildman–Crippen MR) is 64.0 cm³/mol. The first-order valence-electron chi connectivity index (χ1n) is 5.35.